The molecule has 1 rings (SSSR count). The van der Waals surface area contributed by atoms with E-state index in [1.807, 2.05) is 0 Å². The van der Waals surface area contributed by atoms with Gasteiger partial charge in [0, 0.05) is 6.54 Å². The van der Waals surface area contributed by atoms with Crippen molar-refractivity contribution in [2.45, 2.75) is 53.0 Å². The Morgan fingerprint density at radius 3 is 2.28 bits per heavy atom. The van der Waals surface area contributed by atoms with Crippen LogP contribution in [-0.4, -0.2) is 34.7 Å². The molecule has 1 heterocycles. The number of nitrogens with zero attached hydrogens (tertiary/aromatic N) is 3. The number of unbranched alkanes of at least 4 members (excludes halogenated alkanes) is 2. The van der Waals surface area contributed by atoms with Gasteiger partial charge in [-0.2, -0.15) is 0 Å². The van der Waals surface area contributed by atoms with E-state index in [0.29, 0.717) is 0 Å². The van der Waals surface area contributed by atoms with Gasteiger partial charge in [0.15, 0.2) is 0 Å². The first-order valence-corrected chi connectivity index (χ1v) is 7.90. The highest BCUT2D eigenvalue weighted by atomic mass is 32.1. The molecule has 0 aliphatic carbocycles. The zero-order valence-electron chi connectivity index (χ0n) is 11.9. The number of rotatable bonds is 10. The molecule has 0 bridgehead atoms. The molecule has 0 aliphatic rings. The van der Waals surface area contributed by atoms with Crippen molar-refractivity contribution in [2.75, 3.05) is 25.0 Å². The summed E-state index contributed by atoms with van der Waals surface area (Å²) in [5, 5.41) is 13.7. The van der Waals surface area contributed by atoms with Gasteiger partial charge >= 0.3 is 0 Å². The SMILES string of the molecule is CCCCN(CCCC)Cc1nnc(NCC)s1. The Bertz CT molecular complexity index is 306. The predicted molar refractivity (Wildman–Crippen MR) is 79.2 cm³/mol. The van der Waals surface area contributed by atoms with Crippen LogP contribution in [0.4, 0.5) is 5.13 Å². The third-order valence-electron chi connectivity index (χ3n) is 2.81. The second-order valence-corrected chi connectivity index (χ2v) is 5.58. The number of hydrogen-bond donors (Lipinski definition) is 1. The molecule has 0 saturated carbocycles. The molecule has 0 aliphatic heterocycles. The third kappa shape index (κ3) is 5.78. The highest BCUT2D eigenvalue weighted by Crippen LogP contribution is 2.17. The zero-order valence-corrected chi connectivity index (χ0v) is 12.7. The lowest BCUT2D eigenvalue weighted by Crippen LogP contribution is -2.25. The van der Waals surface area contributed by atoms with Gasteiger partial charge in [-0.3, -0.25) is 4.90 Å². The van der Waals surface area contributed by atoms with E-state index in [0.717, 1.165) is 23.2 Å². The normalized spacial score (nSPS) is 11.1. The van der Waals surface area contributed by atoms with E-state index in [-0.39, 0.29) is 0 Å². The molecule has 4 nitrogen and oxygen atoms in total. The second-order valence-electron chi connectivity index (χ2n) is 4.51. The lowest BCUT2D eigenvalue weighted by molar-refractivity contribution is 0.256. The average Bonchev–Trinajstić information content (AvgIpc) is 2.80. The van der Waals surface area contributed by atoms with Crippen molar-refractivity contribution in [1.29, 1.82) is 0 Å². The Balaban J connectivity index is 2.46. The van der Waals surface area contributed by atoms with Crippen LogP contribution in [0.15, 0.2) is 0 Å². The van der Waals surface area contributed by atoms with Gasteiger partial charge in [0.05, 0.1) is 6.54 Å². The van der Waals surface area contributed by atoms with Gasteiger partial charge in [0.25, 0.3) is 0 Å². The highest BCUT2D eigenvalue weighted by Gasteiger charge is 2.09. The van der Waals surface area contributed by atoms with Crippen LogP contribution in [0.3, 0.4) is 0 Å². The van der Waals surface area contributed by atoms with Crippen LogP contribution in [0.2, 0.25) is 0 Å². The van der Waals surface area contributed by atoms with Gasteiger partial charge in [-0.1, -0.05) is 38.0 Å². The first-order chi connectivity index (χ1) is 8.80. The van der Waals surface area contributed by atoms with Gasteiger partial charge in [0.2, 0.25) is 5.13 Å². The van der Waals surface area contributed by atoms with Gasteiger partial charge < -0.3 is 5.32 Å². The summed E-state index contributed by atoms with van der Waals surface area (Å²) in [5.41, 5.74) is 0. The minimum absolute atomic E-state index is 0.907. The van der Waals surface area contributed by atoms with Crippen LogP contribution in [-0.2, 0) is 6.54 Å². The van der Waals surface area contributed by atoms with Crippen LogP contribution in [0.5, 0.6) is 0 Å². The molecule has 1 aromatic rings. The third-order valence-corrected chi connectivity index (χ3v) is 3.68. The summed E-state index contributed by atoms with van der Waals surface area (Å²) in [6.45, 7) is 10.8. The largest absolute Gasteiger partial charge is 0.360 e. The Labute approximate surface area is 115 Å². The van der Waals surface area contributed by atoms with Crippen molar-refractivity contribution >= 4 is 16.5 Å². The molecule has 0 saturated heterocycles. The molecule has 0 amide bonds. The van der Waals surface area contributed by atoms with Crippen molar-refractivity contribution < 1.29 is 0 Å². The van der Waals surface area contributed by atoms with E-state index in [2.05, 4.69) is 41.2 Å². The Morgan fingerprint density at radius 1 is 1.06 bits per heavy atom. The van der Waals surface area contributed by atoms with Gasteiger partial charge in [-0.15, -0.1) is 10.2 Å². The summed E-state index contributed by atoms with van der Waals surface area (Å²) < 4.78 is 0. The van der Waals surface area contributed by atoms with E-state index in [9.17, 15) is 0 Å². The van der Waals surface area contributed by atoms with E-state index in [1.165, 1.54) is 38.8 Å². The van der Waals surface area contributed by atoms with Gasteiger partial charge in [0.1, 0.15) is 5.01 Å². The van der Waals surface area contributed by atoms with Crippen LogP contribution >= 0.6 is 11.3 Å². The second kappa shape index (κ2) is 9.28. The molecule has 0 radical (unpaired) electrons. The van der Waals surface area contributed by atoms with E-state index in [1.54, 1.807) is 11.3 Å². The van der Waals surface area contributed by atoms with Crippen molar-refractivity contribution in [1.82, 2.24) is 15.1 Å². The number of anilines is 1. The van der Waals surface area contributed by atoms with E-state index in [4.69, 9.17) is 0 Å². The van der Waals surface area contributed by atoms with Gasteiger partial charge in [-0.05, 0) is 32.9 Å². The summed E-state index contributed by atoms with van der Waals surface area (Å²) in [5.74, 6) is 0. The van der Waals surface area contributed by atoms with Crippen LogP contribution in [0, 0.1) is 0 Å². The Hall–Kier alpha value is -0.680. The van der Waals surface area contributed by atoms with Crippen LogP contribution in [0.25, 0.3) is 0 Å². The fraction of sp³-hybridized carbons (Fsp3) is 0.846. The summed E-state index contributed by atoms with van der Waals surface area (Å²) in [6.07, 6.45) is 5.04. The Kier molecular flexibility index (Phi) is 7.93. The quantitative estimate of drug-likeness (QED) is 0.707. The maximum atomic E-state index is 4.26. The summed E-state index contributed by atoms with van der Waals surface area (Å²) >= 11 is 1.68. The molecule has 0 spiro atoms. The first kappa shape index (κ1) is 15.4. The van der Waals surface area contributed by atoms with Crippen molar-refractivity contribution in [2.24, 2.45) is 0 Å². The minimum Gasteiger partial charge on any atom is -0.360 e. The lowest BCUT2D eigenvalue weighted by Gasteiger charge is -2.20. The number of hydrogen-bond acceptors (Lipinski definition) is 5. The maximum absolute atomic E-state index is 4.26. The van der Waals surface area contributed by atoms with Crippen molar-refractivity contribution in [3.63, 3.8) is 0 Å². The predicted octanol–water partition coefficient (Wildman–Crippen LogP) is 3.37. The summed E-state index contributed by atoms with van der Waals surface area (Å²) in [4.78, 5) is 2.50. The molecule has 0 atom stereocenters. The molecule has 0 aromatic carbocycles. The molecule has 5 heteroatoms. The molecule has 18 heavy (non-hydrogen) atoms. The fourth-order valence-corrected chi connectivity index (χ4v) is 2.61. The van der Waals surface area contributed by atoms with Crippen molar-refractivity contribution in [3.05, 3.63) is 5.01 Å². The molecule has 1 N–H and O–H groups in total. The molecular formula is C13H26N4S. The zero-order chi connectivity index (χ0) is 13.2. The van der Waals surface area contributed by atoms with Gasteiger partial charge in [-0.25, -0.2) is 0 Å². The summed E-state index contributed by atoms with van der Waals surface area (Å²) in [7, 11) is 0. The molecule has 1 aromatic heterocycles. The standard InChI is InChI=1S/C13H26N4S/c1-4-7-9-17(10-8-5-2)11-12-15-16-13(18-12)14-6-3/h4-11H2,1-3H3,(H,14,16). The average molecular weight is 270 g/mol. The summed E-state index contributed by atoms with van der Waals surface area (Å²) in [6, 6.07) is 0. The van der Waals surface area contributed by atoms with E-state index < -0.39 is 0 Å². The molecule has 104 valence electrons. The van der Waals surface area contributed by atoms with E-state index >= 15 is 0 Å². The highest BCUT2D eigenvalue weighted by molar-refractivity contribution is 7.15. The topological polar surface area (TPSA) is 41.1 Å². The lowest BCUT2D eigenvalue weighted by atomic mass is 10.2. The molecule has 0 fully saturated rings. The van der Waals surface area contributed by atoms with Crippen molar-refractivity contribution in [3.8, 4) is 0 Å². The van der Waals surface area contributed by atoms with Crippen LogP contribution < -0.4 is 5.32 Å². The van der Waals surface area contributed by atoms with Crippen LogP contribution in [0.1, 0.15) is 51.5 Å². The maximum Gasteiger partial charge on any atom is 0.205 e. The minimum atomic E-state index is 0.907. The first-order valence-electron chi connectivity index (χ1n) is 7.08. The Morgan fingerprint density at radius 2 is 1.72 bits per heavy atom. The monoisotopic (exact) mass is 270 g/mol. The number of nitrogens with one attached hydrogen (secondary N) is 1. The number of aromatic nitrogens is 2. The molecular weight excluding hydrogens is 244 g/mol. The fourth-order valence-electron chi connectivity index (χ4n) is 1.76. The molecule has 0 unspecified atom stereocenters. The smallest absolute Gasteiger partial charge is 0.205 e.